The highest BCUT2D eigenvalue weighted by molar-refractivity contribution is 6.85. The van der Waals surface area contributed by atoms with E-state index in [9.17, 15) is 4.79 Å². The molecule has 1 aliphatic heterocycles. The maximum Gasteiger partial charge on any atom is 0.175 e. The van der Waals surface area contributed by atoms with Gasteiger partial charge in [0.25, 0.3) is 0 Å². The topological polar surface area (TPSA) is 26.3 Å². The van der Waals surface area contributed by atoms with Crippen LogP contribution in [0, 0.1) is 5.92 Å². The zero-order chi connectivity index (χ0) is 17.6. The summed E-state index contributed by atoms with van der Waals surface area (Å²) in [6.07, 6.45) is 9.20. The lowest BCUT2D eigenvalue weighted by Crippen LogP contribution is -2.55. The van der Waals surface area contributed by atoms with Crippen LogP contribution in [0.5, 0.6) is 0 Å². The van der Waals surface area contributed by atoms with Crippen LogP contribution < -0.4 is 0 Å². The molecule has 0 spiro atoms. The van der Waals surface area contributed by atoms with Crippen molar-refractivity contribution in [1.82, 2.24) is 0 Å². The van der Waals surface area contributed by atoms with Gasteiger partial charge in [-0.1, -0.05) is 75.9 Å². The molecular weight excluding hydrogens is 312 g/mol. The molecule has 2 nitrogen and oxygen atoms in total. The van der Waals surface area contributed by atoms with E-state index in [2.05, 4.69) is 59.8 Å². The first-order valence-electron chi connectivity index (χ1n) is 9.57. The summed E-state index contributed by atoms with van der Waals surface area (Å²) < 4.78 is 6.02. The number of ether oxygens (including phenoxy) is 1. The van der Waals surface area contributed by atoms with Gasteiger partial charge in [0.2, 0.25) is 0 Å². The van der Waals surface area contributed by atoms with Gasteiger partial charge in [0, 0.05) is 5.92 Å². The zero-order valence-electron chi connectivity index (χ0n) is 16.0. The van der Waals surface area contributed by atoms with Crippen molar-refractivity contribution in [3.8, 4) is 0 Å². The summed E-state index contributed by atoms with van der Waals surface area (Å²) in [6.45, 7) is 14.7. The van der Waals surface area contributed by atoms with E-state index in [-0.39, 0.29) is 6.10 Å². The van der Waals surface area contributed by atoms with E-state index in [0.29, 0.717) is 11.5 Å². The largest absolute Gasteiger partial charge is 0.482 e. The summed E-state index contributed by atoms with van der Waals surface area (Å²) in [5.41, 5.74) is 5.86. The van der Waals surface area contributed by atoms with E-state index in [1.807, 2.05) is 0 Å². The monoisotopic (exact) mass is 344 g/mol. The highest BCUT2D eigenvalue weighted by Gasteiger charge is 2.57. The molecular formula is C21H32O2Si. The summed E-state index contributed by atoms with van der Waals surface area (Å²) in [7, 11) is -1.55. The Morgan fingerprint density at radius 3 is 2.29 bits per heavy atom. The van der Waals surface area contributed by atoms with Crippen molar-refractivity contribution < 1.29 is 9.53 Å². The molecule has 0 aromatic carbocycles. The van der Waals surface area contributed by atoms with Crippen molar-refractivity contribution in [2.24, 2.45) is 5.92 Å². The lowest BCUT2D eigenvalue weighted by molar-refractivity contribution is -0.115. The molecule has 0 fully saturated rings. The Labute approximate surface area is 148 Å². The second-order valence-corrected chi connectivity index (χ2v) is 14.8. The second kappa shape index (κ2) is 6.33. The Bertz CT molecular complexity index is 588. The minimum absolute atomic E-state index is 0.330. The van der Waals surface area contributed by atoms with Gasteiger partial charge < -0.3 is 4.74 Å². The van der Waals surface area contributed by atoms with E-state index in [0.717, 1.165) is 41.5 Å². The molecule has 0 radical (unpaired) electrons. The first-order valence-corrected chi connectivity index (χ1v) is 11.9. The van der Waals surface area contributed by atoms with Crippen LogP contribution in [0.1, 0.15) is 54.4 Å². The van der Waals surface area contributed by atoms with Crippen LogP contribution in [0.2, 0.25) is 22.2 Å². The molecule has 3 heteroatoms. The third-order valence-corrected chi connectivity index (χ3v) is 14.7. The van der Waals surface area contributed by atoms with Crippen LogP contribution >= 0.6 is 0 Å². The summed E-state index contributed by atoms with van der Waals surface area (Å²) >= 11 is 0. The van der Waals surface area contributed by atoms with Crippen LogP contribution in [-0.4, -0.2) is 20.5 Å². The third-order valence-electron chi connectivity index (χ3n) is 6.99. The molecule has 2 aliphatic carbocycles. The molecule has 0 saturated carbocycles. The van der Waals surface area contributed by atoms with Crippen LogP contribution in [0.4, 0.5) is 0 Å². The standard InChI is InChI=1S/C21H32O2Si/c1-13(2)24(14(3)4,15(5)6)20-11-17-19(12-22)23-18-10-8-7-9-16(18)21(17)20/h7-8,10,12-16,19-20H,9,11H2,1-6H3. The fourth-order valence-corrected chi connectivity index (χ4v) is 14.2. The van der Waals surface area contributed by atoms with Crippen molar-refractivity contribution in [3.63, 3.8) is 0 Å². The molecule has 0 saturated heterocycles. The van der Waals surface area contributed by atoms with Gasteiger partial charge in [0.1, 0.15) is 5.76 Å². The molecule has 0 amide bonds. The SMILES string of the molecule is CC(C)[Si](C(C)C)(C(C)C)C1CC2=C1C1CC=CC=C1OC2C=O. The lowest BCUT2D eigenvalue weighted by atomic mass is 9.72. The molecule has 1 heterocycles. The number of carbonyl (C=O) groups is 1. The van der Waals surface area contributed by atoms with E-state index < -0.39 is 8.07 Å². The fraction of sp³-hybridized carbons (Fsp3) is 0.667. The molecule has 3 atom stereocenters. The molecule has 0 aromatic rings. The molecule has 3 unspecified atom stereocenters. The Hall–Kier alpha value is -1.09. The van der Waals surface area contributed by atoms with E-state index >= 15 is 0 Å². The third kappa shape index (κ3) is 2.31. The second-order valence-electron chi connectivity index (χ2n) is 8.66. The number of fused-ring (bicyclic) bond motifs is 2. The highest BCUT2D eigenvalue weighted by atomic mass is 28.3. The number of rotatable bonds is 5. The van der Waals surface area contributed by atoms with Gasteiger partial charge in [-0.25, -0.2) is 0 Å². The van der Waals surface area contributed by atoms with E-state index in [1.54, 1.807) is 5.57 Å². The van der Waals surface area contributed by atoms with Crippen molar-refractivity contribution in [2.75, 3.05) is 0 Å². The van der Waals surface area contributed by atoms with Gasteiger partial charge in [-0.15, -0.1) is 0 Å². The van der Waals surface area contributed by atoms with Crippen molar-refractivity contribution in [1.29, 1.82) is 0 Å². The number of allylic oxidation sites excluding steroid dienone is 4. The Kier molecular flexibility index (Phi) is 4.67. The molecule has 0 bridgehead atoms. The quantitative estimate of drug-likeness (QED) is 0.358. The Balaban J connectivity index is 2.08. The van der Waals surface area contributed by atoms with Gasteiger partial charge in [-0.3, -0.25) is 4.79 Å². The molecule has 3 rings (SSSR count). The summed E-state index contributed by atoms with van der Waals surface area (Å²) in [4.78, 5) is 11.6. The van der Waals surface area contributed by atoms with E-state index in [4.69, 9.17) is 4.74 Å². The number of carbonyl (C=O) groups excluding carboxylic acids is 1. The van der Waals surface area contributed by atoms with Gasteiger partial charge in [0.15, 0.2) is 12.4 Å². The van der Waals surface area contributed by atoms with Gasteiger partial charge >= 0.3 is 0 Å². The van der Waals surface area contributed by atoms with Crippen LogP contribution in [0.15, 0.2) is 35.1 Å². The maximum atomic E-state index is 11.6. The van der Waals surface area contributed by atoms with E-state index in [1.165, 1.54) is 5.57 Å². The lowest BCUT2D eigenvalue weighted by Gasteiger charge is -2.57. The molecule has 3 aliphatic rings. The first-order chi connectivity index (χ1) is 11.4. The van der Waals surface area contributed by atoms with Gasteiger partial charge in [-0.2, -0.15) is 0 Å². The number of aldehydes is 1. The fourth-order valence-electron chi connectivity index (χ4n) is 6.28. The van der Waals surface area contributed by atoms with Crippen molar-refractivity contribution in [2.45, 2.75) is 82.7 Å². The average Bonchev–Trinajstić information content (AvgIpc) is 2.49. The molecule has 0 N–H and O–H groups in total. The summed E-state index contributed by atoms with van der Waals surface area (Å²) in [6, 6.07) is 0. The number of hydrogen-bond acceptors (Lipinski definition) is 2. The minimum Gasteiger partial charge on any atom is -0.482 e. The normalized spacial score (nSPS) is 29.2. The molecule has 24 heavy (non-hydrogen) atoms. The van der Waals surface area contributed by atoms with Crippen molar-refractivity contribution >= 4 is 14.4 Å². The Morgan fingerprint density at radius 2 is 1.75 bits per heavy atom. The predicted molar refractivity (Wildman–Crippen MR) is 103 cm³/mol. The van der Waals surface area contributed by atoms with Crippen molar-refractivity contribution in [3.05, 3.63) is 35.1 Å². The number of hydrogen-bond donors (Lipinski definition) is 0. The van der Waals surface area contributed by atoms with Gasteiger partial charge in [0.05, 0.1) is 8.07 Å². The summed E-state index contributed by atoms with van der Waals surface area (Å²) in [5.74, 6) is 1.42. The smallest absolute Gasteiger partial charge is 0.175 e. The minimum atomic E-state index is -1.55. The maximum absolute atomic E-state index is 11.6. The highest BCUT2D eigenvalue weighted by Crippen LogP contribution is 2.63. The molecule has 132 valence electrons. The van der Waals surface area contributed by atoms with Crippen LogP contribution in [0.3, 0.4) is 0 Å². The predicted octanol–water partition coefficient (Wildman–Crippen LogP) is 5.79. The zero-order valence-corrected chi connectivity index (χ0v) is 17.0. The average molecular weight is 345 g/mol. The molecule has 0 aromatic heterocycles. The first kappa shape index (κ1) is 17.7. The van der Waals surface area contributed by atoms with Crippen LogP contribution in [0.25, 0.3) is 0 Å². The van der Waals surface area contributed by atoms with Gasteiger partial charge in [-0.05, 0) is 30.0 Å². The Morgan fingerprint density at radius 1 is 1.12 bits per heavy atom. The van der Waals surface area contributed by atoms with Crippen LogP contribution in [-0.2, 0) is 9.53 Å². The summed E-state index contributed by atoms with van der Waals surface area (Å²) in [5, 5.41) is 0.